The van der Waals surface area contributed by atoms with Crippen LogP contribution >= 0.6 is 11.6 Å². The molecule has 98 valence electrons. The van der Waals surface area contributed by atoms with Gasteiger partial charge in [-0.1, -0.05) is 29.8 Å². The fraction of sp³-hybridized carbons (Fsp3) is 0.143. The van der Waals surface area contributed by atoms with Crippen molar-refractivity contribution < 1.29 is 4.79 Å². The Hall–Kier alpha value is -2.07. The lowest BCUT2D eigenvalue weighted by molar-refractivity contribution is -0.116. The zero-order valence-electron chi connectivity index (χ0n) is 10.5. The van der Waals surface area contributed by atoms with E-state index in [4.69, 9.17) is 11.6 Å². The Balaban J connectivity index is 1.88. The normalized spacial score (nSPS) is 10.8. The third-order valence-electron chi connectivity index (χ3n) is 2.56. The molecule has 0 aliphatic heterocycles. The summed E-state index contributed by atoms with van der Waals surface area (Å²) in [5.74, 6) is -0.163. The van der Waals surface area contributed by atoms with E-state index in [2.05, 4.69) is 10.4 Å². The Morgan fingerprint density at radius 1 is 1.47 bits per heavy atom. The number of nitrogens with zero attached hydrogens (tertiary/aromatic N) is 2. The minimum absolute atomic E-state index is 0.163. The average Bonchev–Trinajstić information content (AvgIpc) is 2.81. The monoisotopic (exact) mass is 275 g/mol. The van der Waals surface area contributed by atoms with Crippen molar-refractivity contribution in [3.05, 3.63) is 58.9 Å². The number of aromatic nitrogens is 2. The molecule has 1 aromatic heterocycles. The van der Waals surface area contributed by atoms with Crippen LogP contribution in [-0.2, 0) is 18.4 Å². The van der Waals surface area contributed by atoms with Gasteiger partial charge in [-0.3, -0.25) is 9.48 Å². The highest BCUT2D eigenvalue weighted by Gasteiger charge is 2.00. The topological polar surface area (TPSA) is 46.9 Å². The minimum Gasteiger partial charge on any atom is -0.348 e. The Labute approximate surface area is 116 Å². The Morgan fingerprint density at radius 2 is 2.26 bits per heavy atom. The molecular weight excluding hydrogens is 262 g/mol. The smallest absolute Gasteiger partial charge is 0.244 e. The van der Waals surface area contributed by atoms with Gasteiger partial charge < -0.3 is 5.32 Å². The van der Waals surface area contributed by atoms with Gasteiger partial charge in [0.2, 0.25) is 5.91 Å². The largest absolute Gasteiger partial charge is 0.348 e. The van der Waals surface area contributed by atoms with Gasteiger partial charge in [0.25, 0.3) is 0 Å². The lowest BCUT2D eigenvalue weighted by atomic mass is 10.2. The van der Waals surface area contributed by atoms with E-state index in [-0.39, 0.29) is 5.91 Å². The van der Waals surface area contributed by atoms with Gasteiger partial charge in [-0.25, -0.2) is 0 Å². The van der Waals surface area contributed by atoms with Crippen molar-refractivity contribution in [3.8, 4) is 0 Å². The molecule has 1 aromatic carbocycles. The summed E-state index contributed by atoms with van der Waals surface area (Å²) in [6.45, 7) is 0.413. The fourth-order valence-electron chi connectivity index (χ4n) is 1.58. The van der Waals surface area contributed by atoms with Crippen LogP contribution in [0.4, 0.5) is 0 Å². The van der Waals surface area contributed by atoms with Crippen LogP contribution < -0.4 is 5.32 Å². The van der Waals surface area contributed by atoms with E-state index in [1.807, 2.05) is 31.4 Å². The molecule has 0 saturated heterocycles. The number of hydrogen-bond donors (Lipinski definition) is 1. The quantitative estimate of drug-likeness (QED) is 0.871. The first-order valence-electron chi connectivity index (χ1n) is 5.83. The molecule has 1 N–H and O–H groups in total. The Kier molecular flexibility index (Phi) is 4.36. The molecule has 0 spiro atoms. The molecule has 19 heavy (non-hydrogen) atoms. The maximum atomic E-state index is 11.6. The van der Waals surface area contributed by atoms with Crippen molar-refractivity contribution in [2.75, 3.05) is 0 Å². The van der Waals surface area contributed by atoms with E-state index < -0.39 is 0 Å². The summed E-state index contributed by atoms with van der Waals surface area (Å²) in [5.41, 5.74) is 1.78. The first kappa shape index (κ1) is 13.4. The number of rotatable bonds is 4. The molecule has 0 saturated carbocycles. The first-order valence-corrected chi connectivity index (χ1v) is 6.21. The SMILES string of the molecule is Cn1cc(/C=C/C(=O)NCc2ccccc2Cl)cn1. The molecule has 0 radical (unpaired) electrons. The number of halogens is 1. The molecule has 2 aromatic rings. The highest BCUT2D eigenvalue weighted by atomic mass is 35.5. The summed E-state index contributed by atoms with van der Waals surface area (Å²) in [6, 6.07) is 7.43. The Morgan fingerprint density at radius 3 is 2.95 bits per heavy atom. The fourth-order valence-corrected chi connectivity index (χ4v) is 1.78. The van der Waals surface area contributed by atoms with Crippen LogP contribution in [0.1, 0.15) is 11.1 Å². The molecule has 1 amide bonds. The lowest BCUT2D eigenvalue weighted by Gasteiger charge is -2.04. The minimum atomic E-state index is -0.163. The average molecular weight is 276 g/mol. The molecule has 0 aliphatic carbocycles. The van der Waals surface area contributed by atoms with Crippen molar-refractivity contribution in [2.45, 2.75) is 6.54 Å². The summed E-state index contributed by atoms with van der Waals surface area (Å²) in [6.07, 6.45) is 6.72. The number of amides is 1. The van der Waals surface area contributed by atoms with Crippen molar-refractivity contribution in [1.29, 1.82) is 0 Å². The standard InChI is InChI=1S/C14H14ClN3O/c1-18-10-11(8-17-18)6-7-14(19)16-9-12-4-2-3-5-13(12)15/h2-8,10H,9H2,1H3,(H,16,19)/b7-6+. The van der Waals surface area contributed by atoms with Gasteiger partial charge in [-0.05, 0) is 17.7 Å². The maximum Gasteiger partial charge on any atom is 0.244 e. The van der Waals surface area contributed by atoms with Gasteiger partial charge in [0.15, 0.2) is 0 Å². The number of hydrogen-bond acceptors (Lipinski definition) is 2. The van der Waals surface area contributed by atoms with Crippen molar-refractivity contribution >= 4 is 23.6 Å². The van der Waals surface area contributed by atoms with Crippen molar-refractivity contribution in [3.63, 3.8) is 0 Å². The highest BCUT2D eigenvalue weighted by molar-refractivity contribution is 6.31. The predicted molar refractivity (Wildman–Crippen MR) is 75.5 cm³/mol. The zero-order chi connectivity index (χ0) is 13.7. The van der Waals surface area contributed by atoms with Gasteiger partial charge in [0.1, 0.15) is 0 Å². The Bertz CT molecular complexity index is 604. The second kappa shape index (κ2) is 6.20. The van der Waals surface area contributed by atoms with E-state index in [1.165, 1.54) is 6.08 Å². The molecule has 4 nitrogen and oxygen atoms in total. The van der Waals surface area contributed by atoms with E-state index in [0.717, 1.165) is 11.1 Å². The van der Waals surface area contributed by atoms with Gasteiger partial charge in [0.05, 0.1) is 6.20 Å². The van der Waals surface area contributed by atoms with Crippen LogP contribution in [0.15, 0.2) is 42.7 Å². The summed E-state index contributed by atoms with van der Waals surface area (Å²) < 4.78 is 1.68. The number of carbonyl (C=O) groups is 1. The predicted octanol–water partition coefficient (Wildman–Crippen LogP) is 2.40. The second-order valence-electron chi connectivity index (χ2n) is 4.09. The van der Waals surface area contributed by atoms with Gasteiger partial charge in [-0.15, -0.1) is 0 Å². The number of nitrogens with one attached hydrogen (secondary N) is 1. The lowest BCUT2D eigenvalue weighted by Crippen LogP contribution is -2.20. The first-order chi connectivity index (χ1) is 9.15. The van der Waals surface area contributed by atoms with Gasteiger partial charge in [0, 0.05) is 36.5 Å². The number of aryl methyl sites for hydroxylation is 1. The zero-order valence-corrected chi connectivity index (χ0v) is 11.3. The number of benzene rings is 1. The third-order valence-corrected chi connectivity index (χ3v) is 2.93. The molecule has 0 atom stereocenters. The molecule has 0 unspecified atom stereocenters. The second-order valence-corrected chi connectivity index (χ2v) is 4.50. The molecule has 5 heteroatoms. The molecule has 0 bridgehead atoms. The summed E-state index contributed by atoms with van der Waals surface area (Å²) >= 11 is 6.00. The molecule has 2 rings (SSSR count). The maximum absolute atomic E-state index is 11.6. The van der Waals surface area contributed by atoms with Crippen LogP contribution in [0.5, 0.6) is 0 Å². The van der Waals surface area contributed by atoms with E-state index in [9.17, 15) is 4.79 Å². The highest BCUT2D eigenvalue weighted by Crippen LogP contribution is 2.14. The van der Waals surface area contributed by atoms with Crippen LogP contribution in [-0.4, -0.2) is 15.7 Å². The number of carbonyl (C=O) groups excluding carboxylic acids is 1. The van der Waals surface area contributed by atoms with Crippen LogP contribution in [0.2, 0.25) is 5.02 Å². The molecule has 0 aliphatic rings. The summed E-state index contributed by atoms with van der Waals surface area (Å²) in [4.78, 5) is 11.6. The molecule has 1 heterocycles. The van der Waals surface area contributed by atoms with Gasteiger partial charge in [-0.2, -0.15) is 5.10 Å². The summed E-state index contributed by atoms with van der Waals surface area (Å²) in [5, 5.41) is 7.45. The van der Waals surface area contributed by atoms with Crippen LogP contribution in [0.25, 0.3) is 6.08 Å². The van der Waals surface area contributed by atoms with E-state index >= 15 is 0 Å². The third kappa shape index (κ3) is 3.96. The van der Waals surface area contributed by atoms with E-state index in [1.54, 1.807) is 23.0 Å². The van der Waals surface area contributed by atoms with Gasteiger partial charge >= 0.3 is 0 Å². The molecular formula is C14H14ClN3O. The van der Waals surface area contributed by atoms with Crippen LogP contribution in [0.3, 0.4) is 0 Å². The van der Waals surface area contributed by atoms with Crippen molar-refractivity contribution in [1.82, 2.24) is 15.1 Å². The summed E-state index contributed by atoms with van der Waals surface area (Å²) in [7, 11) is 1.83. The van der Waals surface area contributed by atoms with Crippen LogP contribution in [0, 0.1) is 0 Å². The van der Waals surface area contributed by atoms with E-state index in [0.29, 0.717) is 11.6 Å². The molecule has 0 fully saturated rings. The van der Waals surface area contributed by atoms with Crippen molar-refractivity contribution in [2.24, 2.45) is 7.05 Å².